The van der Waals surface area contributed by atoms with Crippen molar-refractivity contribution < 1.29 is 14.0 Å². The van der Waals surface area contributed by atoms with Crippen LogP contribution in [0.1, 0.15) is 10.5 Å². The lowest BCUT2D eigenvalue weighted by molar-refractivity contribution is 0.102. The largest absolute Gasteiger partial charge is 0.378 e. The molecule has 1 heterocycles. The molecule has 0 spiro atoms. The number of nitrogens with one attached hydrogen (secondary N) is 3. The summed E-state index contributed by atoms with van der Waals surface area (Å²) >= 11 is 1.13. The predicted molar refractivity (Wildman–Crippen MR) is 110 cm³/mol. The molecule has 2 aromatic carbocycles. The molecule has 0 aliphatic rings. The van der Waals surface area contributed by atoms with E-state index in [0.717, 1.165) is 17.0 Å². The van der Waals surface area contributed by atoms with E-state index in [1.54, 1.807) is 17.5 Å². The number of aromatic nitrogens is 1. The first-order valence-electron chi connectivity index (χ1n) is 8.28. The Bertz CT molecular complexity index is 971. The van der Waals surface area contributed by atoms with Gasteiger partial charge in [0.15, 0.2) is 5.13 Å². The maximum Gasteiger partial charge on any atom is 0.325 e. The lowest BCUT2D eigenvalue weighted by Crippen LogP contribution is -2.19. The molecular formula is C19H18FN5O2S. The summed E-state index contributed by atoms with van der Waals surface area (Å²) in [4.78, 5) is 30.4. The van der Waals surface area contributed by atoms with Crippen molar-refractivity contribution in [1.29, 1.82) is 0 Å². The first kappa shape index (κ1) is 19.3. The van der Waals surface area contributed by atoms with Crippen molar-refractivity contribution in [3.63, 3.8) is 0 Å². The summed E-state index contributed by atoms with van der Waals surface area (Å²) in [6.07, 6.45) is 0. The third kappa shape index (κ3) is 5.04. The Balaban J connectivity index is 1.57. The number of carbonyl (C=O) groups is 2. The van der Waals surface area contributed by atoms with E-state index in [2.05, 4.69) is 20.9 Å². The van der Waals surface area contributed by atoms with E-state index in [1.165, 1.54) is 24.3 Å². The van der Waals surface area contributed by atoms with Gasteiger partial charge in [-0.25, -0.2) is 14.2 Å². The first-order valence-corrected chi connectivity index (χ1v) is 9.16. The third-order valence-corrected chi connectivity index (χ3v) is 4.46. The van der Waals surface area contributed by atoms with Crippen molar-refractivity contribution in [1.82, 2.24) is 4.98 Å². The van der Waals surface area contributed by atoms with Gasteiger partial charge >= 0.3 is 6.03 Å². The van der Waals surface area contributed by atoms with E-state index >= 15 is 0 Å². The Morgan fingerprint density at radius 3 is 2.18 bits per heavy atom. The molecule has 28 heavy (non-hydrogen) atoms. The number of carbonyl (C=O) groups excluding carboxylic acids is 2. The van der Waals surface area contributed by atoms with Crippen LogP contribution in [-0.2, 0) is 0 Å². The second kappa shape index (κ2) is 8.49. The van der Waals surface area contributed by atoms with Gasteiger partial charge in [-0.15, -0.1) is 11.3 Å². The average Bonchev–Trinajstić information content (AvgIpc) is 3.12. The van der Waals surface area contributed by atoms with Crippen molar-refractivity contribution in [2.75, 3.05) is 34.9 Å². The molecule has 7 nitrogen and oxygen atoms in total. The normalized spacial score (nSPS) is 10.2. The monoisotopic (exact) mass is 399 g/mol. The van der Waals surface area contributed by atoms with Crippen LogP contribution < -0.4 is 20.9 Å². The number of anilines is 4. The number of thiazole rings is 1. The standard InChI is InChI=1S/C19H18FN5O2S/c1-25(2)15-9-7-13(8-10-15)21-17(26)16-11-28-19(23-16)24-18(27)22-14-5-3-12(20)4-6-14/h3-11H,1-2H3,(H,21,26)(H2,22,23,24,27). The van der Waals surface area contributed by atoms with Crippen LogP contribution in [0.2, 0.25) is 0 Å². The third-order valence-electron chi connectivity index (χ3n) is 3.70. The van der Waals surface area contributed by atoms with Crippen LogP contribution in [0.5, 0.6) is 0 Å². The number of amides is 3. The van der Waals surface area contributed by atoms with Gasteiger partial charge in [0, 0.05) is 36.5 Å². The molecular weight excluding hydrogens is 381 g/mol. The summed E-state index contributed by atoms with van der Waals surface area (Å²) in [6, 6.07) is 12.2. The van der Waals surface area contributed by atoms with Crippen molar-refractivity contribution >= 4 is 45.5 Å². The lowest BCUT2D eigenvalue weighted by Gasteiger charge is -2.12. The molecule has 0 radical (unpaired) electrons. The fourth-order valence-electron chi connectivity index (χ4n) is 2.27. The Labute approximate surface area is 165 Å². The highest BCUT2D eigenvalue weighted by Crippen LogP contribution is 2.19. The zero-order chi connectivity index (χ0) is 20.1. The summed E-state index contributed by atoms with van der Waals surface area (Å²) < 4.78 is 12.9. The number of hydrogen-bond acceptors (Lipinski definition) is 5. The van der Waals surface area contributed by atoms with E-state index in [4.69, 9.17) is 0 Å². The highest BCUT2D eigenvalue weighted by atomic mass is 32.1. The number of nitrogens with zero attached hydrogens (tertiary/aromatic N) is 2. The molecule has 3 amide bonds. The Hall–Kier alpha value is -3.46. The van der Waals surface area contributed by atoms with Crippen molar-refractivity contribution in [2.24, 2.45) is 0 Å². The van der Waals surface area contributed by atoms with Crippen LogP contribution in [0.4, 0.5) is 31.4 Å². The predicted octanol–water partition coefficient (Wildman–Crippen LogP) is 4.24. The summed E-state index contributed by atoms with van der Waals surface area (Å²) in [5, 5.41) is 9.68. The molecule has 1 aromatic heterocycles. The van der Waals surface area contributed by atoms with Gasteiger partial charge in [-0.3, -0.25) is 10.1 Å². The molecule has 0 saturated heterocycles. The van der Waals surface area contributed by atoms with Crippen LogP contribution in [-0.4, -0.2) is 31.0 Å². The van der Waals surface area contributed by atoms with Gasteiger partial charge in [0.25, 0.3) is 5.91 Å². The van der Waals surface area contributed by atoms with E-state index < -0.39 is 11.8 Å². The minimum atomic E-state index is -0.535. The van der Waals surface area contributed by atoms with Gasteiger partial charge in [-0.1, -0.05) is 0 Å². The molecule has 0 aliphatic carbocycles. The quantitative estimate of drug-likeness (QED) is 0.599. The minimum Gasteiger partial charge on any atom is -0.378 e. The molecule has 144 valence electrons. The smallest absolute Gasteiger partial charge is 0.325 e. The molecule has 3 N–H and O–H groups in total. The fraction of sp³-hybridized carbons (Fsp3) is 0.105. The van der Waals surface area contributed by atoms with Crippen LogP contribution in [0.25, 0.3) is 0 Å². The molecule has 0 unspecified atom stereocenters. The topological polar surface area (TPSA) is 86.4 Å². The van der Waals surface area contributed by atoms with Crippen molar-refractivity contribution in [2.45, 2.75) is 0 Å². The molecule has 9 heteroatoms. The highest BCUT2D eigenvalue weighted by molar-refractivity contribution is 7.14. The first-order chi connectivity index (χ1) is 13.4. The fourth-order valence-corrected chi connectivity index (χ4v) is 2.95. The van der Waals surface area contributed by atoms with Crippen LogP contribution in [0, 0.1) is 5.82 Å². The van der Waals surface area contributed by atoms with Crippen molar-refractivity contribution in [3.05, 3.63) is 65.4 Å². The Kier molecular flexibility index (Phi) is 5.85. The summed E-state index contributed by atoms with van der Waals surface area (Å²) in [5.41, 5.74) is 2.30. The molecule has 0 aliphatic heterocycles. The molecule has 0 fully saturated rings. The molecule has 3 aromatic rings. The number of hydrogen-bond donors (Lipinski definition) is 3. The minimum absolute atomic E-state index is 0.193. The van der Waals surface area contributed by atoms with Gasteiger partial charge in [0.2, 0.25) is 0 Å². The van der Waals surface area contributed by atoms with Gasteiger partial charge in [0.1, 0.15) is 11.5 Å². The van der Waals surface area contributed by atoms with E-state index in [1.807, 2.05) is 31.1 Å². The highest BCUT2D eigenvalue weighted by Gasteiger charge is 2.13. The zero-order valence-electron chi connectivity index (χ0n) is 15.2. The molecule has 0 atom stereocenters. The van der Waals surface area contributed by atoms with Gasteiger partial charge in [0.05, 0.1) is 0 Å². The van der Waals surface area contributed by atoms with E-state index in [9.17, 15) is 14.0 Å². The maximum atomic E-state index is 12.9. The van der Waals surface area contributed by atoms with Gasteiger partial charge in [-0.05, 0) is 48.5 Å². The van der Waals surface area contributed by atoms with E-state index in [-0.39, 0.29) is 16.7 Å². The zero-order valence-corrected chi connectivity index (χ0v) is 16.0. The summed E-state index contributed by atoms with van der Waals surface area (Å²) in [6.45, 7) is 0. The second-order valence-corrected chi connectivity index (χ2v) is 6.88. The molecule has 0 bridgehead atoms. The number of urea groups is 1. The number of rotatable bonds is 5. The second-order valence-electron chi connectivity index (χ2n) is 6.02. The Morgan fingerprint density at radius 2 is 1.54 bits per heavy atom. The molecule has 3 rings (SSSR count). The van der Waals surface area contributed by atoms with Crippen molar-refractivity contribution in [3.8, 4) is 0 Å². The maximum absolute atomic E-state index is 12.9. The molecule has 0 saturated carbocycles. The SMILES string of the molecule is CN(C)c1ccc(NC(=O)c2csc(NC(=O)Nc3ccc(F)cc3)n2)cc1. The van der Waals surface area contributed by atoms with Crippen LogP contribution in [0.3, 0.4) is 0 Å². The van der Waals surface area contributed by atoms with Gasteiger partial charge in [-0.2, -0.15) is 0 Å². The Morgan fingerprint density at radius 1 is 0.929 bits per heavy atom. The lowest BCUT2D eigenvalue weighted by atomic mass is 10.2. The number of benzene rings is 2. The number of halogens is 1. The van der Waals surface area contributed by atoms with Crippen LogP contribution in [0.15, 0.2) is 53.9 Å². The summed E-state index contributed by atoms with van der Waals surface area (Å²) in [7, 11) is 3.87. The van der Waals surface area contributed by atoms with Crippen LogP contribution >= 0.6 is 11.3 Å². The summed E-state index contributed by atoms with van der Waals surface area (Å²) in [5.74, 6) is -0.765. The van der Waals surface area contributed by atoms with E-state index in [0.29, 0.717) is 11.4 Å². The van der Waals surface area contributed by atoms with Gasteiger partial charge < -0.3 is 15.5 Å². The average molecular weight is 399 g/mol.